The number of carbonyl (C=O) groups is 1. The lowest BCUT2D eigenvalue weighted by Gasteiger charge is -2.36. The summed E-state index contributed by atoms with van der Waals surface area (Å²) in [5.41, 5.74) is 5.67. The van der Waals surface area contributed by atoms with E-state index in [9.17, 15) is 4.79 Å². The molecule has 0 aromatic carbocycles. The Morgan fingerprint density at radius 1 is 1.41 bits per heavy atom. The first-order valence-corrected chi connectivity index (χ1v) is 7.05. The predicted molar refractivity (Wildman–Crippen MR) is 71.6 cm³/mol. The second-order valence-corrected chi connectivity index (χ2v) is 5.55. The Bertz CT molecular complexity index is 238. The van der Waals surface area contributed by atoms with Crippen molar-refractivity contribution in [3.63, 3.8) is 0 Å². The van der Waals surface area contributed by atoms with Crippen molar-refractivity contribution in [1.29, 1.82) is 0 Å². The Kier molecular flexibility index (Phi) is 5.96. The Morgan fingerprint density at radius 3 is 2.59 bits per heavy atom. The Labute approximate surface area is 106 Å². The van der Waals surface area contributed by atoms with Gasteiger partial charge in [0.1, 0.15) is 0 Å². The average Bonchev–Trinajstić information content (AvgIpc) is 2.35. The summed E-state index contributed by atoms with van der Waals surface area (Å²) in [4.78, 5) is 14.2. The highest BCUT2D eigenvalue weighted by molar-refractivity contribution is 5.76. The molecule has 0 spiro atoms. The lowest BCUT2D eigenvalue weighted by atomic mass is 9.85. The Hall–Kier alpha value is -0.570. The molecule has 0 heterocycles. The van der Waals surface area contributed by atoms with Gasteiger partial charge in [-0.1, -0.05) is 33.1 Å². The number of nitrogens with zero attached hydrogens (tertiary/aromatic N) is 1. The van der Waals surface area contributed by atoms with Crippen LogP contribution in [0.15, 0.2) is 0 Å². The molecule has 1 aliphatic rings. The molecular formula is C14H28N2O. The average molecular weight is 240 g/mol. The zero-order valence-corrected chi connectivity index (χ0v) is 11.6. The molecular weight excluding hydrogens is 212 g/mol. The van der Waals surface area contributed by atoms with Gasteiger partial charge in [0.2, 0.25) is 5.91 Å². The van der Waals surface area contributed by atoms with E-state index in [-0.39, 0.29) is 5.91 Å². The van der Waals surface area contributed by atoms with Gasteiger partial charge in [-0.05, 0) is 31.2 Å². The summed E-state index contributed by atoms with van der Waals surface area (Å²) >= 11 is 0. The largest absolute Gasteiger partial charge is 0.343 e. The minimum absolute atomic E-state index is 0.279. The van der Waals surface area contributed by atoms with Gasteiger partial charge < -0.3 is 10.6 Å². The minimum Gasteiger partial charge on any atom is -0.343 e. The van der Waals surface area contributed by atoms with E-state index < -0.39 is 0 Å². The Morgan fingerprint density at radius 2 is 2.06 bits per heavy atom. The molecule has 3 nitrogen and oxygen atoms in total. The fraction of sp³-hybridized carbons (Fsp3) is 0.929. The fourth-order valence-electron chi connectivity index (χ4n) is 2.84. The normalized spacial score (nSPS) is 26.6. The van der Waals surface area contributed by atoms with Crippen LogP contribution in [0.25, 0.3) is 0 Å². The van der Waals surface area contributed by atoms with E-state index in [1.807, 2.05) is 11.9 Å². The molecule has 3 atom stereocenters. The van der Waals surface area contributed by atoms with E-state index in [0.717, 1.165) is 6.42 Å². The van der Waals surface area contributed by atoms with E-state index in [1.54, 1.807) is 0 Å². The second kappa shape index (κ2) is 7.00. The molecule has 0 saturated heterocycles. The summed E-state index contributed by atoms with van der Waals surface area (Å²) in [6, 6.07) is 0.450. The first-order valence-electron chi connectivity index (χ1n) is 7.05. The standard InChI is InChI=1S/C14H28N2O/c1-4-12(10-15)9-14(17)16(3)13-8-6-5-7-11(13)2/h11-13H,4-10,15H2,1-3H3. The molecule has 17 heavy (non-hydrogen) atoms. The van der Waals surface area contributed by atoms with Gasteiger partial charge in [0.05, 0.1) is 0 Å². The van der Waals surface area contributed by atoms with Crippen LogP contribution in [0.2, 0.25) is 0 Å². The number of carbonyl (C=O) groups excluding carboxylic acids is 1. The maximum atomic E-state index is 12.2. The third-order valence-corrected chi connectivity index (χ3v) is 4.33. The smallest absolute Gasteiger partial charge is 0.222 e. The van der Waals surface area contributed by atoms with Crippen LogP contribution < -0.4 is 5.73 Å². The minimum atomic E-state index is 0.279. The van der Waals surface area contributed by atoms with Crippen LogP contribution in [0, 0.1) is 11.8 Å². The SMILES string of the molecule is CCC(CN)CC(=O)N(C)C1CCCCC1C. The highest BCUT2D eigenvalue weighted by Gasteiger charge is 2.28. The maximum Gasteiger partial charge on any atom is 0.222 e. The van der Waals surface area contributed by atoms with Crippen molar-refractivity contribution >= 4 is 5.91 Å². The maximum absolute atomic E-state index is 12.2. The van der Waals surface area contributed by atoms with Crippen molar-refractivity contribution in [3.8, 4) is 0 Å². The molecule has 1 aliphatic carbocycles. The van der Waals surface area contributed by atoms with E-state index in [1.165, 1.54) is 25.7 Å². The first-order chi connectivity index (χ1) is 8.10. The van der Waals surface area contributed by atoms with Gasteiger partial charge in [-0.25, -0.2) is 0 Å². The summed E-state index contributed by atoms with van der Waals surface area (Å²) in [6.07, 6.45) is 6.63. The molecule has 0 aliphatic heterocycles. The summed E-state index contributed by atoms with van der Waals surface area (Å²) in [5, 5.41) is 0. The highest BCUT2D eigenvalue weighted by atomic mass is 16.2. The highest BCUT2D eigenvalue weighted by Crippen LogP contribution is 2.28. The zero-order valence-electron chi connectivity index (χ0n) is 11.6. The molecule has 3 heteroatoms. The van der Waals surface area contributed by atoms with Crippen molar-refractivity contribution < 1.29 is 4.79 Å². The molecule has 2 N–H and O–H groups in total. The summed E-state index contributed by atoms with van der Waals surface area (Å²) in [6.45, 7) is 5.00. The van der Waals surface area contributed by atoms with Gasteiger partial charge in [0.15, 0.2) is 0 Å². The van der Waals surface area contributed by atoms with Gasteiger partial charge in [-0.15, -0.1) is 0 Å². The van der Waals surface area contributed by atoms with E-state index in [2.05, 4.69) is 13.8 Å². The zero-order chi connectivity index (χ0) is 12.8. The molecule has 0 aromatic rings. The van der Waals surface area contributed by atoms with Crippen molar-refractivity contribution in [1.82, 2.24) is 4.90 Å². The summed E-state index contributed by atoms with van der Waals surface area (Å²) in [7, 11) is 1.97. The van der Waals surface area contributed by atoms with Crippen molar-refractivity contribution in [2.24, 2.45) is 17.6 Å². The van der Waals surface area contributed by atoms with Crippen LogP contribution in [0.5, 0.6) is 0 Å². The van der Waals surface area contributed by atoms with E-state index >= 15 is 0 Å². The van der Waals surface area contributed by atoms with E-state index in [4.69, 9.17) is 5.73 Å². The molecule has 3 unspecified atom stereocenters. The van der Waals surface area contributed by atoms with Gasteiger partial charge >= 0.3 is 0 Å². The molecule has 1 amide bonds. The Balaban J connectivity index is 2.49. The van der Waals surface area contributed by atoms with Gasteiger partial charge in [0, 0.05) is 19.5 Å². The van der Waals surface area contributed by atoms with Gasteiger partial charge in [-0.2, -0.15) is 0 Å². The molecule has 100 valence electrons. The third kappa shape index (κ3) is 3.98. The number of hydrogen-bond acceptors (Lipinski definition) is 2. The summed E-state index contributed by atoms with van der Waals surface area (Å²) < 4.78 is 0. The van der Waals surface area contributed by atoms with Crippen LogP contribution >= 0.6 is 0 Å². The monoisotopic (exact) mass is 240 g/mol. The lowest BCUT2D eigenvalue weighted by molar-refractivity contribution is -0.134. The molecule has 1 rings (SSSR count). The van der Waals surface area contributed by atoms with Crippen LogP contribution in [-0.2, 0) is 4.79 Å². The van der Waals surface area contributed by atoms with E-state index in [0.29, 0.717) is 30.8 Å². The summed E-state index contributed by atoms with van der Waals surface area (Å²) in [5.74, 6) is 1.28. The molecule has 1 fully saturated rings. The van der Waals surface area contributed by atoms with Crippen molar-refractivity contribution in [3.05, 3.63) is 0 Å². The quantitative estimate of drug-likeness (QED) is 0.802. The third-order valence-electron chi connectivity index (χ3n) is 4.33. The van der Waals surface area contributed by atoms with Crippen LogP contribution in [-0.4, -0.2) is 30.4 Å². The molecule has 0 radical (unpaired) electrons. The van der Waals surface area contributed by atoms with Crippen molar-refractivity contribution in [2.45, 2.75) is 58.4 Å². The second-order valence-electron chi connectivity index (χ2n) is 5.55. The topological polar surface area (TPSA) is 46.3 Å². The number of nitrogens with two attached hydrogens (primary N) is 1. The molecule has 0 aromatic heterocycles. The van der Waals surface area contributed by atoms with Crippen LogP contribution in [0.3, 0.4) is 0 Å². The van der Waals surface area contributed by atoms with Crippen LogP contribution in [0.1, 0.15) is 52.4 Å². The predicted octanol–water partition coefficient (Wildman–Crippen LogP) is 2.40. The number of hydrogen-bond donors (Lipinski definition) is 1. The number of rotatable bonds is 5. The van der Waals surface area contributed by atoms with Crippen LogP contribution in [0.4, 0.5) is 0 Å². The first kappa shape index (κ1) is 14.5. The molecule has 1 saturated carbocycles. The van der Waals surface area contributed by atoms with Gasteiger partial charge in [-0.3, -0.25) is 4.79 Å². The lowest BCUT2D eigenvalue weighted by Crippen LogP contribution is -2.43. The van der Waals surface area contributed by atoms with Gasteiger partial charge in [0.25, 0.3) is 0 Å². The molecule has 0 bridgehead atoms. The number of amides is 1. The van der Waals surface area contributed by atoms with Crippen molar-refractivity contribution in [2.75, 3.05) is 13.6 Å². The fourth-order valence-corrected chi connectivity index (χ4v) is 2.84.